The Morgan fingerprint density at radius 3 is 2.47 bits per heavy atom. The lowest BCUT2D eigenvalue weighted by Crippen LogP contribution is -2.52. The number of rotatable bonds is 5. The molecule has 4 nitrogen and oxygen atoms in total. The van der Waals surface area contributed by atoms with E-state index in [4.69, 9.17) is 5.11 Å². The third-order valence-corrected chi connectivity index (χ3v) is 2.96. The Bertz CT molecular complexity index is 505. The zero-order chi connectivity index (χ0) is 14.6. The Labute approximate surface area is 109 Å². The summed E-state index contributed by atoms with van der Waals surface area (Å²) in [6.07, 6.45) is -0.144. The number of halogens is 2. The number of carbonyl (C=O) groups is 2. The van der Waals surface area contributed by atoms with Crippen molar-refractivity contribution in [2.24, 2.45) is 0 Å². The topological polar surface area (TPSA) is 66.4 Å². The molecule has 0 fully saturated rings. The van der Waals surface area contributed by atoms with Crippen LogP contribution in [0.1, 0.15) is 25.8 Å². The van der Waals surface area contributed by atoms with Crippen LogP contribution in [0.3, 0.4) is 0 Å². The Balaban J connectivity index is 2.78. The van der Waals surface area contributed by atoms with Gasteiger partial charge in [-0.15, -0.1) is 0 Å². The lowest BCUT2D eigenvalue weighted by molar-refractivity contribution is -0.146. The van der Waals surface area contributed by atoms with Crippen LogP contribution in [0, 0.1) is 11.6 Å². The maximum atomic E-state index is 13.3. The molecule has 2 N–H and O–H groups in total. The van der Waals surface area contributed by atoms with Gasteiger partial charge in [0.1, 0.15) is 17.2 Å². The maximum Gasteiger partial charge on any atom is 0.329 e. The van der Waals surface area contributed by atoms with Crippen molar-refractivity contribution < 1.29 is 23.5 Å². The molecule has 1 aromatic rings. The van der Waals surface area contributed by atoms with Gasteiger partial charge >= 0.3 is 5.97 Å². The van der Waals surface area contributed by atoms with Crippen LogP contribution in [0.25, 0.3) is 0 Å². The van der Waals surface area contributed by atoms with Crippen LogP contribution in [-0.4, -0.2) is 22.5 Å². The van der Waals surface area contributed by atoms with E-state index in [0.29, 0.717) is 6.07 Å². The monoisotopic (exact) mass is 271 g/mol. The molecule has 0 spiro atoms. The molecule has 0 aliphatic rings. The Kier molecular flexibility index (Phi) is 4.58. The predicted octanol–water partition coefficient (Wildman–Crippen LogP) is 1.88. The number of carboxylic acids is 1. The first-order valence-corrected chi connectivity index (χ1v) is 5.77. The predicted molar refractivity (Wildman–Crippen MR) is 64.5 cm³/mol. The number of aliphatic carboxylic acids is 1. The summed E-state index contributed by atoms with van der Waals surface area (Å²) in [4.78, 5) is 22.7. The number of hydrogen-bond acceptors (Lipinski definition) is 2. The largest absolute Gasteiger partial charge is 0.480 e. The highest BCUT2D eigenvalue weighted by Crippen LogP contribution is 2.13. The number of carboxylic acid groups (broad SMARTS) is 1. The second-order valence-corrected chi connectivity index (χ2v) is 4.45. The van der Waals surface area contributed by atoms with E-state index in [2.05, 4.69) is 5.32 Å². The van der Waals surface area contributed by atoms with Gasteiger partial charge in [0.15, 0.2) is 0 Å². The van der Waals surface area contributed by atoms with Gasteiger partial charge in [-0.05, 0) is 25.0 Å². The minimum atomic E-state index is -1.40. The lowest BCUT2D eigenvalue weighted by Gasteiger charge is -2.24. The molecule has 0 radical (unpaired) electrons. The maximum absolute atomic E-state index is 13.3. The van der Waals surface area contributed by atoms with Crippen molar-refractivity contribution in [3.05, 3.63) is 35.4 Å². The fraction of sp³-hybridized carbons (Fsp3) is 0.385. The quantitative estimate of drug-likeness (QED) is 0.859. The molecule has 0 aromatic heterocycles. The average molecular weight is 271 g/mol. The van der Waals surface area contributed by atoms with Gasteiger partial charge in [-0.25, -0.2) is 13.6 Å². The summed E-state index contributed by atoms with van der Waals surface area (Å²) in [5.74, 6) is -3.35. The average Bonchev–Trinajstić information content (AvgIpc) is 2.32. The standard InChI is InChI=1S/C13H15F2NO3/c1-3-13(2,12(18)19)16-11(17)6-8-4-5-9(14)7-10(8)15/h4-5,7H,3,6H2,1-2H3,(H,16,17)(H,18,19). The van der Waals surface area contributed by atoms with Gasteiger partial charge in [0, 0.05) is 6.07 Å². The van der Waals surface area contributed by atoms with Gasteiger partial charge in [0.05, 0.1) is 6.42 Å². The molecule has 0 saturated carbocycles. The number of nitrogens with one attached hydrogen (secondary N) is 1. The van der Waals surface area contributed by atoms with Gasteiger partial charge in [-0.3, -0.25) is 4.79 Å². The number of benzene rings is 1. The first-order chi connectivity index (χ1) is 8.78. The van der Waals surface area contributed by atoms with Crippen molar-refractivity contribution in [3.63, 3.8) is 0 Å². The van der Waals surface area contributed by atoms with Crippen LogP contribution < -0.4 is 5.32 Å². The first-order valence-electron chi connectivity index (χ1n) is 5.77. The first kappa shape index (κ1) is 15.1. The second-order valence-electron chi connectivity index (χ2n) is 4.45. The molecule has 6 heteroatoms. The number of hydrogen-bond donors (Lipinski definition) is 2. The zero-order valence-corrected chi connectivity index (χ0v) is 10.7. The molecule has 0 bridgehead atoms. The van der Waals surface area contributed by atoms with Crippen molar-refractivity contribution >= 4 is 11.9 Å². The van der Waals surface area contributed by atoms with E-state index in [0.717, 1.165) is 12.1 Å². The second kappa shape index (κ2) is 5.77. The Morgan fingerprint density at radius 2 is 2.00 bits per heavy atom. The summed E-state index contributed by atoms with van der Waals surface area (Å²) in [6.45, 7) is 2.99. The molecular weight excluding hydrogens is 256 g/mol. The molecule has 1 atom stereocenters. The van der Waals surface area contributed by atoms with Gasteiger partial charge in [-0.2, -0.15) is 0 Å². The van der Waals surface area contributed by atoms with Crippen LogP contribution in [0.15, 0.2) is 18.2 Å². The molecule has 19 heavy (non-hydrogen) atoms. The fourth-order valence-corrected chi connectivity index (χ4v) is 1.48. The van der Waals surface area contributed by atoms with Crippen LogP contribution in [0.4, 0.5) is 8.78 Å². The van der Waals surface area contributed by atoms with E-state index in [1.54, 1.807) is 6.92 Å². The highest BCUT2D eigenvalue weighted by atomic mass is 19.1. The lowest BCUT2D eigenvalue weighted by atomic mass is 9.98. The van der Waals surface area contributed by atoms with E-state index < -0.39 is 29.0 Å². The molecular formula is C13H15F2NO3. The molecule has 1 rings (SSSR count). The number of amides is 1. The minimum absolute atomic E-state index is 0.0164. The number of carbonyl (C=O) groups excluding carboxylic acids is 1. The van der Waals surface area contributed by atoms with Crippen LogP contribution >= 0.6 is 0 Å². The van der Waals surface area contributed by atoms with Gasteiger partial charge in [0.25, 0.3) is 0 Å². The van der Waals surface area contributed by atoms with Gasteiger partial charge < -0.3 is 10.4 Å². The molecule has 1 aromatic carbocycles. The van der Waals surface area contributed by atoms with Crippen molar-refractivity contribution in [1.82, 2.24) is 5.32 Å². The zero-order valence-electron chi connectivity index (χ0n) is 10.7. The highest BCUT2D eigenvalue weighted by Gasteiger charge is 2.32. The Hall–Kier alpha value is -1.98. The van der Waals surface area contributed by atoms with E-state index in [1.165, 1.54) is 6.92 Å². The summed E-state index contributed by atoms with van der Waals surface area (Å²) < 4.78 is 26.0. The normalized spacial score (nSPS) is 13.7. The van der Waals surface area contributed by atoms with Gasteiger partial charge in [-0.1, -0.05) is 13.0 Å². The molecule has 0 aliphatic heterocycles. The third kappa shape index (κ3) is 3.74. The van der Waals surface area contributed by atoms with E-state index in [1.807, 2.05) is 0 Å². The summed E-state index contributed by atoms with van der Waals surface area (Å²) in [6, 6.07) is 2.88. The molecule has 0 aliphatic carbocycles. The van der Waals surface area contributed by atoms with Crippen LogP contribution in [0.2, 0.25) is 0 Å². The molecule has 1 unspecified atom stereocenters. The van der Waals surface area contributed by atoms with Crippen molar-refractivity contribution in [1.29, 1.82) is 0 Å². The summed E-state index contributed by atoms with van der Waals surface area (Å²) in [5, 5.41) is 11.3. The smallest absolute Gasteiger partial charge is 0.329 e. The van der Waals surface area contributed by atoms with Crippen molar-refractivity contribution in [3.8, 4) is 0 Å². The fourth-order valence-electron chi connectivity index (χ4n) is 1.48. The van der Waals surface area contributed by atoms with Crippen LogP contribution in [0.5, 0.6) is 0 Å². The highest BCUT2D eigenvalue weighted by molar-refractivity contribution is 5.87. The SMILES string of the molecule is CCC(C)(NC(=O)Cc1ccc(F)cc1F)C(=O)O. The molecule has 0 saturated heterocycles. The third-order valence-electron chi connectivity index (χ3n) is 2.96. The van der Waals surface area contributed by atoms with Gasteiger partial charge in [0.2, 0.25) is 5.91 Å². The van der Waals surface area contributed by atoms with Crippen molar-refractivity contribution in [2.45, 2.75) is 32.2 Å². The van der Waals surface area contributed by atoms with E-state index in [-0.39, 0.29) is 18.4 Å². The molecule has 104 valence electrons. The van der Waals surface area contributed by atoms with E-state index in [9.17, 15) is 18.4 Å². The van der Waals surface area contributed by atoms with E-state index >= 15 is 0 Å². The summed E-state index contributed by atoms with van der Waals surface area (Å²) in [5.41, 5.74) is -1.38. The van der Waals surface area contributed by atoms with Crippen LogP contribution in [-0.2, 0) is 16.0 Å². The minimum Gasteiger partial charge on any atom is -0.480 e. The Morgan fingerprint density at radius 1 is 1.37 bits per heavy atom. The summed E-state index contributed by atoms with van der Waals surface area (Å²) in [7, 11) is 0. The molecule has 1 amide bonds. The molecule has 0 heterocycles. The summed E-state index contributed by atoms with van der Waals surface area (Å²) >= 11 is 0. The van der Waals surface area contributed by atoms with Crippen molar-refractivity contribution in [2.75, 3.05) is 0 Å².